The zero-order chi connectivity index (χ0) is 18.8. The number of carbonyl (C=O) groups excluding carboxylic acids is 1. The zero-order valence-corrected chi connectivity index (χ0v) is 15.5. The number of fused-ring (bicyclic) bond motifs is 1. The van der Waals surface area contributed by atoms with Crippen molar-refractivity contribution >= 4 is 33.1 Å². The van der Waals surface area contributed by atoms with Gasteiger partial charge in [-0.05, 0) is 35.9 Å². The predicted octanol–water partition coefficient (Wildman–Crippen LogP) is 6.12. The number of hydrogen-bond donors (Lipinski definition) is 1. The van der Waals surface area contributed by atoms with Gasteiger partial charge in [-0.15, -0.1) is 11.3 Å². The van der Waals surface area contributed by atoms with Gasteiger partial charge in [0.2, 0.25) is 5.91 Å². The van der Waals surface area contributed by atoms with Gasteiger partial charge in [0.25, 0.3) is 0 Å². The molecule has 0 fully saturated rings. The van der Waals surface area contributed by atoms with Crippen molar-refractivity contribution in [3.63, 3.8) is 0 Å². The van der Waals surface area contributed by atoms with Gasteiger partial charge >= 0.3 is 0 Å². The molecular weight excluding hydrogens is 359 g/mol. The molecule has 134 valence electrons. The Balaban J connectivity index is 1.92. The van der Waals surface area contributed by atoms with E-state index in [-0.39, 0.29) is 11.7 Å². The fourth-order valence-electron chi connectivity index (χ4n) is 3.02. The monoisotopic (exact) mass is 376 g/mol. The fourth-order valence-corrected chi connectivity index (χ4v) is 4.15. The molecule has 4 aromatic rings. The van der Waals surface area contributed by atoms with E-state index in [9.17, 15) is 9.18 Å². The van der Waals surface area contributed by atoms with Gasteiger partial charge in [-0.25, -0.2) is 4.39 Å². The third-order valence-corrected chi connectivity index (χ3v) is 5.45. The van der Waals surface area contributed by atoms with Gasteiger partial charge in [-0.1, -0.05) is 37.3 Å². The number of nitrogens with zero attached hydrogens (tertiary/aromatic N) is 1. The maximum Gasteiger partial charge on any atom is 0.224 e. The van der Waals surface area contributed by atoms with Crippen LogP contribution in [0.25, 0.3) is 32.5 Å². The summed E-state index contributed by atoms with van der Waals surface area (Å²) in [6.07, 6.45) is 2.20. The summed E-state index contributed by atoms with van der Waals surface area (Å²) in [5.41, 5.74) is 3.82. The van der Waals surface area contributed by atoms with Crippen LogP contribution in [0.5, 0.6) is 0 Å². The zero-order valence-electron chi connectivity index (χ0n) is 14.7. The standard InChI is InChI=1S/C22H17FN2OS/c1-2-20(26)25-21-13-18(14-7-9-15(23)10-8-14)22(27-21)17-11-12-24-19-6-4-3-5-16(17)19/h3-13H,2H2,1H3,(H,25,26). The number of amides is 1. The maximum absolute atomic E-state index is 13.4. The lowest BCUT2D eigenvalue weighted by Crippen LogP contribution is -2.07. The number of anilines is 1. The van der Waals surface area contributed by atoms with Gasteiger partial charge < -0.3 is 5.32 Å². The van der Waals surface area contributed by atoms with Gasteiger partial charge in [-0.3, -0.25) is 9.78 Å². The van der Waals surface area contributed by atoms with E-state index in [4.69, 9.17) is 0 Å². The highest BCUT2D eigenvalue weighted by Crippen LogP contribution is 2.43. The van der Waals surface area contributed by atoms with Crippen LogP contribution < -0.4 is 5.32 Å². The molecule has 0 aliphatic carbocycles. The smallest absolute Gasteiger partial charge is 0.224 e. The molecule has 2 heterocycles. The molecule has 0 radical (unpaired) electrons. The predicted molar refractivity (Wildman–Crippen MR) is 109 cm³/mol. The van der Waals surface area contributed by atoms with Crippen molar-refractivity contribution in [1.82, 2.24) is 4.98 Å². The molecule has 2 aromatic heterocycles. The molecule has 0 spiro atoms. The molecule has 4 rings (SSSR count). The Morgan fingerprint density at radius 1 is 1.07 bits per heavy atom. The van der Waals surface area contributed by atoms with Crippen LogP contribution in [-0.2, 0) is 4.79 Å². The quantitative estimate of drug-likeness (QED) is 0.466. The Kier molecular flexibility index (Phi) is 4.69. The third-order valence-electron chi connectivity index (χ3n) is 4.36. The lowest BCUT2D eigenvalue weighted by atomic mass is 10.0. The molecule has 0 aliphatic heterocycles. The fraction of sp³-hybridized carbons (Fsp3) is 0.0909. The number of pyridine rings is 1. The van der Waals surface area contributed by atoms with Crippen molar-refractivity contribution in [3.05, 3.63) is 72.7 Å². The van der Waals surface area contributed by atoms with Crippen molar-refractivity contribution in [2.24, 2.45) is 0 Å². The minimum absolute atomic E-state index is 0.0342. The number of carbonyl (C=O) groups is 1. The highest BCUT2D eigenvalue weighted by Gasteiger charge is 2.16. The lowest BCUT2D eigenvalue weighted by Gasteiger charge is -2.07. The number of para-hydroxylation sites is 1. The van der Waals surface area contributed by atoms with E-state index in [1.807, 2.05) is 43.3 Å². The first-order valence-corrected chi connectivity index (χ1v) is 9.51. The first-order valence-electron chi connectivity index (χ1n) is 8.69. The molecule has 0 atom stereocenters. The Morgan fingerprint density at radius 3 is 2.63 bits per heavy atom. The molecule has 27 heavy (non-hydrogen) atoms. The second-order valence-electron chi connectivity index (χ2n) is 6.14. The number of hydrogen-bond acceptors (Lipinski definition) is 3. The SMILES string of the molecule is CCC(=O)Nc1cc(-c2ccc(F)cc2)c(-c2ccnc3ccccc23)s1. The minimum atomic E-state index is -0.274. The Bertz CT molecular complexity index is 1110. The van der Waals surface area contributed by atoms with Gasteiger partial charge in [0.15, 0.2) is 0 Å². The average molecular weight is 376 g/mol. The van der Waals surface area contributed by atoms with Gasteiger partial charge in [-0.2, -0.15) is 0 Å². The molecule has 0 aliphatic rings. The average Bonchev–Trinajstić information content (AvgIpc) is 3.11. The van der Waals surface area contributed by atoms with Crippen molar-refractivity contribution in [1.29, 1.82) is 0 Å². The maximum atomic E-state index is 13.4. The highest BCUT2D eigenvalue weighted by molar-refractivity contribution is 7.20. The first kappa shape index (κ1) is 17.4. The molecule has 3 nitrogen and oxygen atoms in total. The van der Waals surface area contributed by atoms with Crippen LogP contribution in [0.1, 0.15) is 13.3 Å². The van der Waals surface area contributed by atoms with Crippen molar-refractivity contribution in [2.75, 3.05) is 5.32 Å². The summed E-state index contributed by atoms with van der Waals surface area (Å²) < 4.78 is 13.4. The minimum Gasteiger partial charge on any atom is -0.318 e. The third kappa shape index (κ3) is 3.46. The van der Waals surface area contributed by atoms with E-state index >= 15 is 0 Å². The normalized spacial score (nSPS) is 10.9. The number of aromatic nitrogens is 1. The number of benzene rings is 2. The van der Waals surface area contributed by atoms with Crippen LogP contribution in [0.2, 0.25) is 0 Å². The number of halogens is 1. The van der Waals surface area contributed by atoms with E-state index in [2.05, 4.69) is 10.3 Å². The van der Waals surface area contributed by atoms with E-state index in [0.29, 0.717) is 6.42 Å². The Hall–Kier alpha value is -3.05. The van der Waals surface area contributed by atoms with Gasteiger partial charge in [0, 0.05) is 34.0 Å². The molecule has 5 heteroatoms. The molecule has 0 saturated heterocycles. The lowest BCUT2D eigenvalue weighted by molar-refractivity contribution is -0.115. The summed E-state index contributed by atoms with van der Waals surface area (Å²) in [7, 11) is 0. The van der Waals surface area contributed by atoms with Crippen LogP contribution in [0, 0.1) is 5.82 Å². The van der Waals surface area contributed by atoms with Crippen LogP contribution in [0.3, 0.4) is 0 Å². The molecule has 2 aromatic carbocycles. The van der Waals surface area contributed by atoms with Crippen molar-refractivity contribution in [3.8, 4) is 21.6 Å². The summed E-state index contributed by atoms with van der Waals surface area (Å²) in [6, 6.07) is 18.3. The van der Waals surface area contributed by atoms with Crippen molar-refractivity contribution < 1.29 is 9.18 Å². The van der Waals surface area contributed by atoms with Crippen LogP contribution in [0.15, 0.2) is 66.9 Å². The van der Waals surface area contributed by atoms with E-state index < -0.39 is 0 Å². The summed E-state index contributed by atoms with van der Waals surface area (Å²) in [5.74, 6) is -0.308. The summed E-state index contributed by atoms with van der Waals surface area (Å²) in [6.45, 7) is 1.82. The largest absolute Gasteiger partial charge is 0.318 e. The highest BCUT2D eigenvalue weighted by atomic mass is 32.1. The molecule has 0 bridgehead atoms. The molecule has 0 saturated carbocycles. The molecule has 1 N–H and O–H groups in total. The van der Waals surface area contributed by atoms with Crippen molar-refractivity contribution in [2.45, 2.75) is 13.3 Å². The second-order valence-corrected chi connectivity index (χ2v) is 7.19. The van der Waals surface area contributed by atoms with E-state index in [1.54, 1.807) is 18.3 Å². The van der Waals surface area contributed by atoms with Crippen LogP contribution in [0.4, 0.5) is 9.39 Å². The van der Waals surface area contributed by atoms with Gasteiger partial charge in [0.05, 0.1) is 10.5 Å². The van der Waals surface area contributed by atoms with E-state index in [1.165, 1.54) is 23.5 Å². The number of nitrogens with one attached hydrogen (secondary N) is 1. The molecule has 1 amide bonds. The van der Waals surface area contributed by atoms with Crippen LogP contribution in [-0.4, -0.2) is 10.9 Å². The summed E-state index contributed by atoms with van der Waals surface area (Å²) in [4.78, 5) is 17.3. The number of thiophene rings is 1. The summed E-state index contributed by atoms with van der Waals surface area (Å²) in [5, 5.41) is 4.76. The van der Waals surface area contributed by atoms with Gasteiger partial charge in [0.1, 0.15) is 5.82 Å². The second kappa shape index (κ2) is 7.29. The summed E-state index contributed by atoms with van der Waals surface area (Å²) >= 11 is 1.52. The van der Waals surface area contributed by atoms with E-state index in [0.717, 1.165) is 37.5 Å². The molecule has 0 unspecified atom stereocenters. The number of rotatable bonds is 4. The van der Waals surface area contributed by atoms with Crippen LogP contribution >= 0.6 is 11.3 Å². The first-order chi connectivity index (χ1) is 13.2. The Labute approximate surface area is 160 Å². The topological polar surface area (TPSA) is 42.0 Å². The molecular formula is C22H17FN2OS. The Morgan fingerprint density at radius 2 is 1.85 bits per heavy atom.